The number of halogens is 2. The number of anilines is 1. The number of sulfonamides is 1. The van der Waals surface area contributed by atoms with Crippen LogP contribution in [-0.2, 0) is 10.0 Å². The number of aryl methyl sites for hydroxylation is 3. The van der Waals surface area contributed by atoms with Gasteiger partial charge in [0.1, 0.15) is 5.82 Å². The number of hydrogen-bond acceptors (Lipinski definition) is 3. The lowest BCUT2D eigenvalue weighted by Gasteiger charge is -2.15. The average Bonchev–Trinajstić information content (AvgIpc) is 2.32. The summed E-state index contributed by atoms with van der Waals surface area (Å²) in [6, 6.07) is 4.01. The first-order chi connectivity index (χ1) is 9.72. The number of pyridine rings is 1. The summed E-state index contributed by atoms with van der Waals surface area (Å²) in [6.45, 7) is 4.81. The first kappa shape index (κ1) is 15.7. The molecule has 7 heteroatoms. The van der Waals surface area contributed by atoms with E-state index in [-0.39, 0.29) is 15.7 Å². The fraction of sp³-hybridized carbons (Fsp3) is 0.214. The lowest BCUT2D eigenvalue weighted by Crippen LogP contribution is -2.17. The van der Waals surface area contributed by atoms with Crippen molar-refractivity contribution in [1.29, 1.82) is 0 Å². The number of aromatic nitrogens is 1. The van der Waals surface area contributed by atoms with E-state index in [0.29, 0.717) is 16.7 Å². The summed E-state index contributed by atoms with van der Waals surface area (Å²) in [5.41, 5.74) is 1.54. The predicted octanol–water partition coefficient (Wildman–Crippen LogP) is 3.60. The van der Waals surface area contributed by atoms with E-state index in [9.17, 15) is 12.8 Å². The number of hydrogen-bond donors (Lipinski definition) is 1. The lowest BCUT2D eigenvalue weighted by atomic mass is 10.1. The Kier molecular flexibility index (Phi) is 4.20. The molecule has 0 amide bonds. The van der Waals surface area contributed by atoms with Gasteiger partial charge in [0.15, 0.2) is 5.15 Å². The van der Waals surface area contributed by atoms with E-state index in [1.54, 1.807) is 26.8 Å². The largest absolute Gasteiger partial charge is 0.276 e. The molecule has 0 radical (unpaired) electrons. The normalized spacial score (nSPS) is 11.5. The van der Waals surface area contributed by atoms with Crippen LogP contribution in [0.1, 0.15) is 16.7 Å². The van der Waals surface area contributed by atoms with Crippen molar-refractivity contribution in [3.05, 3.63) is 52.1 Å². The van der Waals surface area contributed by atoms with Gasteiger partial charge in [-0.2, -0.15) is 0 Å². The minimum absolute atomic E-state index is 0.0446. The van der Waals surface area contributed by atoms with Crippen molar-refractivity contribution < 1.29 is 12.8 Å². The van der Waals surface area contributed by atoms with Crippen molar-refractivity contribution in [3.63, 3.8) is 0 Å². The van der Waals surface area contributed by atoms with Gasteiger partial charge in [-0.25, -0.2) is 17.8 Å². The standard InChI is InChI=1S/C14H14ClFN2O2S/c1-8-4-5-17-14(15)12(8)18-21(19,20)13-9(2)6-11(16)7-10(13)3/h4-7,18H,1-3H3. The Morgan fingerprint density at radius 1 is 1.14 bits per heavy atom. The molecule has 1 aromatic heterocycles. The van der Waals surface area contributed by atoms with Crippen molar-refractivity contribution in [2.45, 2.75) is 25.7 Å². The summed E-state index contributed by atoms with van der Waals surface area (Å²) < 4.78 is 40.8. The highest BCUT2D eigenvalue weighted by Gasteiger charge is 2.22. The van der Waals surface area contributed by atoms with E-state index < -0.39 is 15.8 Å². The van der Waals surface area contributed by atoms with Crippen molar-refractivity contribution in [2.24, 2.45) is 0 Å². The highest BCUT2D eigenvalue weighted by Crippen LogP contribution is 2.28. The minimum atomic E-state index is -3.88. The minimum Gasteiger partial charge on any atom is -0.276 e. The van der Waals surface area contributed by atoms with Gasteiger partial charge < -0.3 is 0 Å². The van der Waals surface area contributed by atoms with Gasteiger partial charge in [-0.1, -0.05) is 11.6 Å². The van der Waals surface area contributed by atoms with E-state index in [1.165, 1.54) is 18.3 Å². The van der Waals surface area contributed by atoms with Crippen LogP contribution < -0.4 is 4.72 Å². The number of nitrogens with one attached hydrogen (secondary N) is 1. The van der Waals surface area contributed by atoms with Gasteiger partial charge in [0.2, 0.25) is 0 Å². The molecule has 1 N–H and O–H groups in total. The monoisotopic (exact) mass is 328 g/mol. The van der Waals surface area contributed by atoms with Crippen LogP contribution in [0.5, 0.6) is 0 Å². The molecule has 0 aliphatic carbocycles. The van der Waals surface area contributed by atoms with Crippen LogP contribution in [-0.4, -0.2) is 13.4 Å². The van der Waals surface area contributed by atoms with Crippen molar-refractivity contribution in [3.8, 4) is 0 Å². The second-order valence-electron chi connectivity index (χ2n) is 4.77. The van der Waals surface area contributed by atoms with Gasteiger partial charge in [-0.15, -0.1) is 0 Å². The van der Waals surface area contributed by atoms with Crippen molar-refractivity contribution >= 4 is 27.3 Å². The van der Waals surface area contributed by atoms with E-state index in [4.69, 9.17) is 11.6 Å². The molecule has 1 aromatic carbocycles. The molecule has 4 nitrogen and oxygen atoms in total. The molecular weight excluding hydrogens is 315 g/mol. The molecule has 0 unspecified atom stereocenters. The van der Waals surface area contributed by atoms with Crippen LogP contribution >= 0.6 is 11.6 Å². The zero-order chi connectivity index (χ0) is 15.8. The summed E-state index contributed by atoms with van der Waals surface area (Å²) in [4.78, 5) is 3.90. The molecule has 0 aliphatic rings. The third-order valence-electron chi connectivity index (χ3n) is 3.04. The third kappa shape index (κ3) is 3.16. The zero-order valence-corrected chi connectivity index (χ0v) is 13.3. The molecule has 0 aliphatic heterocycles. The highest BCUT2D eigenvalue weighted by molar-refractivity contribution is 7.92. The maximum Gasteiger partial charge on any atom is 0.262 e. The summed E-state index contributed by atoms with van der Waals surface area (Å²) in [6.07, 6.45) is 1.49. The summed E-state index contributed by atoms with van der Waals surface area (Å²) in [7, 11) is -3.88. The quantitative estimate of drug-likeness (QED) is 0.876. The van der Waals surface area contributed by atoms with E-state index in [1.807, 2.05) is 0 Å². The number of rotatable bonds is 3. The Balaban J connectivity index is 2.54. The second kappa shape index (κ2) is 5.61. The Morgan fingerprint density at radius 2 is 1.71 bits per heavy atom. The molecule has 0 fully saturated rings. The average molecular weight is 329 g/mol. The SMILES string of the molecule is Cc1ccnc(Cl)c1NS(=O)(=O)c1c(C)cc(F)cc1C. The van der Waals surface area contributed by atoms with Crippen LogP contribution in [0.4, 0.5) is 10.1 Å². The maximum absolute atomic E-state index is 13.3. The summed E-state index contributed by atoms with van der Waals surface area (Å²) >= 11 is 5.93. The second-order valence-corrected chi connectivity index (χ2v) is 6.75. The smallest absolute Gasteiger partial charge is 0.262 e. The molecule has 0 bridgehead atoms. The number of benzene rings is 1. The van der Waals surface area contributed by atoms with Gasteiger partial charge in [0.05, 0.1) is 10.6 Å². The van der Waals surface area contributed by atoms with Gasteiger partial charge >= 0.3 is 0 Å². The molecule has 0 atom stereocenters. The molecule has 0 spiro atoms. The van der Waals surface area contributed by atoms with E-state index >= 15 is 0 Å². The van der Waals surface area contributed by atoms with Crippen LogP contribution in [0.3, 0.4) is 0 Å². The van der Waals surface area contributed by atoms with Crippen LogP contribution in [0.2, 0.25) is 5.15 Å². The first-order valence-corrected chi connectivity index (χ1v) is 7.99. The molecule has 21 heavy (non-hydrogen) atoms. The Bertz CT molecular complexity index is 763. The Hall–Kier alpha value is -1.66. The molecule has 112 valence electrons. The lowest BCUT2D eigenvalue weighted by molar-refractivity contribution is 0.597. The van der Waals surface area contributed by atoms with Gasteiger partial charge in [-0.3, -0.25) is 4.72 Å². The van der Waals surface area contributed by atoms with Crippen LogP contribution in [0.15, 0.2) is 29.3 Å². The van der Waals surface area contributed by atoms with E-state index in [2.05, 4.69) is 9.71 Å². The zero-order valence-electron chi connectivity index (χ0n) is 11.7. The molecule has 2 aromatic rings. The highest BCUT2D eigenvalue weighted by atomic mass is 35.5. The van der Waals surface area contributed by atoms with Crippen molar-refractivity contribution in [2.75, 3.05) is 4.72 Å². The van der Waals surface area contributed by atoms with Crippen LogP contribution in [0, 0.1) is 26.6 Å². The predicted molar refractivity (Wildman–Crippen MR) is 80.7 cm³/mol. The molecule has 0 saturated heterocycles. The first-order valence-electron chi connectivity index (χ1n) is 6.13. The van der Waals surface area contributed by atoms with Gasteiger partial charge in [-0.05, 0) is 55.7 Å². The summed E-state index contributed by atoms with van der Waals surface area (Å²) in [5, 5.41) is 0.0657. The van der Waals surface area contributed by atoms with Crippen molar-refractivity contribution in [1.82, 2.24) is 4.98 Å². The molecular formula is C14H14ClFN2O2S. The molecule has 2 rings (SSSR count). The Morgan fingerprint density at radius 3 is 2.24 bits per heavy atom. The maximum atomic E-state index is 13.3. The molecule has 0 saturated carbocycles. The number of nitrogens with zero attached hydrogens (tertiary/aromatic N) is 1. The Labute approximate surface area is 128 Å². The third-order valence-corrected chi connectivity index (χ3v) is 4.98. The van der Waals surface area contributed by atoms with Gasteiger partial charge in [0, 0.05) is 6.20 Å². The fourth-order valence-corrected chi connectivity index (χ4v) is 4.06. The summed E-state index contributed by atoms with van der Waals surface area (Å²) in [5.74, 6) is -0.473. The molecule has 1 heterocycles. The van der Waals surface area contributed by atoms with E-state index in [0.717, 1.165) is 0 Å². The van der Waals surface area contributed by atoms with Crippen LogP contribution in [0.25, 0.3) is 0 Å². The fourth-order valence-electron chi connectivity index (χ4n) is 2.15. The van der Waals surface area contributed by atoms with Gasteiger partial charge in [0.25, 0.3) is 10.0 Å². The topological polar surface area (TPSA) is 59.1 Å².